The summed E-state index contributed by atoms with van der Waals surface area (Å²) in [7, 11) is 1.84. The molecule has 0 aliphatic rings. The van der Waals surface area contributed by atoms with Crippen LogP contribution in [0.5, 0.6) is 0 Å². The van der Waals surface area contributed by atoms with Gasteiger partial charge in [0, 0.05) is 11.3 Å². The fourth-order valence-corrected chi connectivity index (χ4v) is 2.64. The number of benzene rings is 2. The molecular weight excluding hydrogens is 329 g/mol. The Bertz CT molecular complexity index is 711. The molecule has 2 aromatic carbocycles. The lowest BCUT2D eigenvalue weighted by Crippen LogP contribution is -3.08. The highest BCUT2D eigenvalue weighted by Gasteiger charge is 2.30. The first-order chi connectivity index (χ1) is 11.8. The summed E-state index contributed by atoms with van der Waals surface area (Å²) in [6.07, 6.45) is -3.51. The maximum Gasteiger partial charge on any atom is 0.416 e. The van der Waals surface area contributed by atoms with E-state index in [0.29, 0.717) is 6.54 Å². The summed E-state index contributed by atoms with van der Waals surface area (Å²) >= 11 is 0. The van der Waals surface area contributed by atoms with E-state index in [1.807, 2.05) is 38.2 Å². The third kappa shape index (κ3) is 5.60. The summed E-state index contributed by atoms with van der Waals surface area (Å²) in [6.45, 7) is 2.73. The molecular formula is C19H22F3N2O+. The number of carbonyl (C=O) groups excluding carboxylic acids is 1. The minimum atomic E-state index is -4.33. The summed E-state index contributed by atoms with van der Waals surface area (Å²) < 4.78 is 37.7. The van der Waals surface area contributed by atoms with E-state index in [2.05, 4.69) is 5.32 Å². The van der Waals surface area contributed by atoms with Crippen molar-refractivity contribution >= 4 is 11.6 Å². The van der Waals surface area contributed by atoms with Crippen molar-refractivity contribution in [2.75, 3.05) is 18.9 Å². The Hall–Kier alpha value is -2.34. The highest BCUT2D eigenvalue weighted by molar-refractivity contribution is 5.92. The molecule has 1 unspecified atom stereocenters. The number of rotatable bonds is 6. The number of anilines is 1. The monoisotopic (exact) mass is 351 g/mol. The standard InChI is InChI=1S/C19H21F3N2O/c1-3-15-6-4-5-7-17(15)23-18(25)13-24(2)12-14-8-10-16(11-9-14)19(20,21)22/h4-11H,3,12-13H2,1-2H3,(H,23,25)/p+1. The van der Waals surface area contributed by atoms with Crippen molar-refractivity contribution in [3.8, 4) is 0 Å². The summed E-state index contributed by atoms with van der Waals surface area (Å²) in [6, 6.07) is 12.7. The van der Waals surface area contributed by atoms with Gasteiger partial charge in [-0.1, -0.05) is 37.3 Å². The maximum atomic E-state index is 12.6. The van der Waals surface area contributed by atoms with Crippen molar-refractivity contribution in [2.24, 2.45) is 0 Å². The number of alkyl halides is 3. The zero-order valence-corrected chi connectivity index (χ0v) is 14.3. The molecule has 134 valence electrons. The van der Waals surface area contributed by atoms with Gasteiger partial charge < -0.3 is 10.2 Å². The molecule has 2 rings (SSSR count). The first-order valence-corrected chi connectivity index (χ1v) is 8.14. The van der Waals surface area contributed by atoms with E-state index in [1.54, 1.807) is 0 Å². The van der Waals surface area contributed by atoms with E-state index in [-0.39, 0.29) is 12.5 Å². The van der Waals surface area contributed by atoms with Crippen molar-refractivity contribution in [3.05, 3.63) is 65.2 Å². The fraction of sp³-hybridized carbons (Fsp3) is 0.316. The zero-order chi connectivity index (χ0) is 18.4. The van der Waals surface area contributed by atoms with Crippen molar-refractivity contribution in [2.45, 2.75) is 26.1 Å². The number of hydrogen-bond acceptors (Lipinski definition) is 1. The number of amides is 1. The second-order valence-corrected chi connectivity index (χ2v) is 6.06. The predicted octanol–water partition coefficient (Wildman–Crippen LogP) is 2.92. The highest BCUT2D eigenvalue weighted by Crippen LogP contribution is 2.28. The lowest BCUT2D eigenvalue weighted by atomic mass is 10.1. The summed E-state index contributed by atoms with van der Waals surface area (Å²) in [5, 5.41) is 2.90. The maximum absolute atomic E-state index is 12.6. The van der Waals surface area contributed by atoms with Gasteiger partial charge in [0.2, 0.25) is 0 Å². The number of halogens is 3. The molecule has 25 heavy (non-hydrogen) atoms. The minimum absolute atomic E-state index is 0.120. The topological polar surface area (TPSA) is 33.5 Å². The van der Waals surface area contributed by atoms with Crippen molar-refractivity contribution in [1.29, 1.82) is 0 Å². The smallest absolute Gasteiger partial charge is 0.326 e. The first kappa shape index (κ1) is 19.0. The second-order valence-electron chi connectivity index (χ2n) is 6.06. The number of quaternary nitrogens is 1. The van der Waals surface area contributed by atoms with Gasteiger partial charge in [0.1, 0.15) is 6.54 Å². The van der Waals surface area contributed by atoms with Crippen LogP contribution in [-0.4, -0.2) is 19.5 Å². The molecule has 0 aliphatic heterocycles. The van der Waals surface area contributed by atoms with Crippen molar-refractivity contribution in [3.63, 3.8) is 0 Å². The molecule has 0 radical (unpaired) electrons. The Morgan fingerprint density at radius 1 is 1.08 bits per heavy atom. The van der Waals surface area contributed by atoms with E-state index >= 15 is 0 Å². The molecule has 1 amide bonds. The largest absolute Gasteiger partial charge is 0.416 e. The quantitative estimate of drug-likeness (QED) is 0.824. The number of nitrogens with one attached hydrogen (secondary N) is 2. The van der Waals surface area contributed by atoms with Gasteiger partial charge in [-0.2, -0.15) is 13.2 Å². The Kier molecular flexibility index (Phi) is 6.20. The number of aryl methyl sites for hydroxylation is 1. The molecule has 2 N–H and O–H groups in total. The van der Waals surface area contributed by atoms with Gasteiger partial charge >= 0.3 is 6.18 Å². The van der Waals surface area contributed by atoms with Gasteiger partial charge in [0.15, 0.2) is 6.54 Å². The van der Waals surface area contributed by atoms with Crippen LogP contribution in [-0.2, 0) is 23.9 Å². The molecule has 3 nitrogen and oxygen atoms in total. The normalized spacial score (nSPS) is 12.7. The van der Waals surface area contributed by atoms with E-state index < -0.39 is 11.7 Å². The molecule has 1 atom stereocenters. The van der Waals surface area contributed by atoms with E-state index in [4.69, 9.17) is 0 Å². The van der Waals surface area contributed by atoms with Crippen LogP contribution in [0.15, 0.2) is 48.5 Å². The second kappa shape index (κ2) is 8.16. The molecule has 0 saturated carbocycles. The number of likely N-dealkylation sites (N-methyl/N-ethyl adjacent to an activating group) is 1. The van der Waals surface area contributed by atoms with E-state index in [0.717, 1.165) is 40.3 Å². The SMILES string of the molecule is CCc1ccccc1NC(=O)C[NH+](C)Cc1ccc(C(F)(F)F)cc1. The Morgan fingerprint density at radius 3 is 2.32 bits per heavy atom. The third-order valence-corrected chi connectivity index (χ3v) is 3.92. The molecule has 0 fully saturated rings. The van der Waals surface area contributed by atoms with Crippen LogP contribution in [0.2, 0.25) is 0 Å². The van der Waals surface area contributed by atoms with Crippen LogP contribution in [0.4, 0.5) is 18.9 Å². The highest BCUT2D eigenvalue weighted by atomic mass is 19.4. The van der Waals surface area contributed by atoms with Crippen LogP contribution in [0, 0.1) is 0 Å². The fourth-order valence-electron chi connectivity index (χ4n) is 2.64. The lowest BCUT2D eigenvalue weighted by Gasteiger charge is -2.15. The summed E-state index contributed by atoms with van der Waals surface area (Å²) in [5.41, 5.74) is 1.96. The van der Waals surface area contributed by atoms with E-state index in [9.17, 15) is 18.0 Å². The Morgan fingerprint density at radius 2 is 1.72 bits per heavy atom. The Balaban J connectivity index is 1.91. The van der Waals surface area contributed by atoms with Crippen molar-refractivity contribution in [1.82, 2.24) is 0 Å². The lowest BCUT2D eigenvalue weighted by molar-refractivity contribution is -0.885. The molecule has 0 aliphatic carbocycles. The van der Waals surface area contributed by atoms with Gasteiger partial charge in [-0.3, -0.25) is 4.79 Å². The van der Waals surface area contributed by atoms with Gasteiger partial charge in [-0.05, 0) is 30.2 Å². The number of hydrogen-bond donors (Lipinski definition) is 2. The van der Waals surface area contributed by atoms with Crippen LogP contribution < -0.4 is 10.2 Å². The third-order valence-electron chi connectivity index (χ3n) is 3.92. The molecule has 6 heteroatoms. The van der Waals surface area contributed by atoms with Crippen LogP contribution in [0.25, 0.3) is 0 Å². The van der Waals surface area contributed by atoms with Crippen LogP contribution in [0.3, 0.4) is 0 Å². The molecule has 0 spiro atoms. The summed E-state index contributed by atoms with van der Waals surface area (Å²) in [5.74, 6) is -0.120. The molecule has 0 saturated heterocycles. The van der Waals surface area contributed by atoms with Gasteiger partial charge in [-0.15, -0.1) is 0 Å². The molecule has 0 bridgehead atoms. The van der Waals surface area contributed by atoms with Crippen molar-refractivity contribution < 1.29 is 22.9 Å². The van der Waals surface area contributed by atoms with Gasteiger partial charge in [-0.25, -0.2) is 0 Å². The molecule has 0 aromatic heterocycles. The molecule has 0 heterocycles. The average molecular weight is 351 g/mol. The number of para-hydroxylation sites is 1. The number of carbonyl (C=O) groups is 1. The van der Waals surface area contributed by atoms with Crippen LogP contribution >= 0.6 is 0 Å². The first-order valence-electron chi connectivity index (χ1n) is 8.14. The summed E-state index contributed by atoms with van der Waals surface area (Å²) in [4.78, 5) is 13.1. The minimum Gasteiger partial charge on any atom is -0.326 e. The zero-order valence-electron chi connectivity index (χ0n) is 14.3. The predicted molar refractivity (Wildman–Crippen MR) is 91.4 cm³/mol. The average Bonchev–Trinajstić information content (AvgIpc) is 2.54. The van der Waals surface area contributed by atoms with Gasteiger partial charge in [0.25, 0.3) is 5.91 Å². The van der Waals surface area contributed by atoms with Gasteiger partial charge in [0.05, 0.1) is 12.6 Å². The van der Waals surface area contributed by atoms with E-state index in [1.165, 1.54) is 12.1 Å². The molecule has 2 aromatic rings. The van der Waals surface area contributed by atoms with Crippen LogP contribution in [0.1, 0.15) is 23.6 Å². The Labute approximate surface area is 145 Å².